The number of nitrogens with zero attached hydrogens (tertiary/aromatic N) is 1. The number of halogens is 1. The van der Waals surface area contributed by atoms with Crippen LogP contribution < -0.4 is 19.9 Å². The van der Waals surface area contributed by atoms with Crippen LogP contribution in [-0.4, -0.2) is 77.9 Å². The average molecular weight is 522 g/mol. The van der Waals surface area contributed by atoms with Crippen molar-refractivity contribution in [3.63, 3.8) is 0 Å². The Labute approximate surface area is 199 Å². The Morgan fingerprint density at radius 1 is 0.969 bits per heavy atom. The predicted molar refractivity (Wildman–Crippen MR) is 127 cm³/mol. The Balaban J connectivity index is 0.000000639. The molecule has 2 rings (SSSR count). The van der Waals surface area contributed by atoms with E-state index < -0.39 is 25.8 Å². The van der Waals surface area contributed by atoms with Gasteiger partial charge in [-0.15, -0.1) is 12.4 Å². The molecule has 2 saturated heterocycles. The Bertz CT molecular complexity index is 765. The second-order valence-electron chi connectivity index (χ2n) is 9.03. The minimum absolute atomic E-state index is 0. The number of hydrogen-bond donors (Lipinski definition) is 4. The minimum Gasteiger partial charge on any atom is -0.444 e. The fourth-order valence-corrected chi connectivity index (χ4v) is 4.94. The number of hydrogen-bond acceptors (Lipinski definition) is 7. The van der Waals surface area contributed by atoms with Gasteiger partial charge in [0.05, 0.1) is 6.26 Å². The predicted octanol–water partition coefficient (Wildman–Crippen LogP) is 0.669. The Hall–Kier alpha value is -0.700. The van der Waals surface area contributed by atoms with Gasteiger partial charge < -0.3 is 15.0 Å². The van der Waals surface area contributed by atoms with Crippen molar-refractivity contribution in [2.24, 2.45) is 5.14 Å². The molecule has 0 aliphatic carbocycles. The molecule has 0 bridgehead atoms. The van der Waals surface area contributed by atoms with E-state index in [1.807, 2.05) is 20.8 Å². The van der Waals surface area contributed by atoms with E-state index in [2.05, 4.69) is 14.8 Å². The Morgan fingerprint density at radius 2 is 1.56 bits per heavy atom. The van der Waals surface area contributed by atoms with Crippen LogP contribution >= 0.6 is 12.4 Å². The molecular weight excluding hydrogens is 482 g/mol. The van der Waals surface area contributed by atoms with Crippen LogP contribution in [0.5, 0.6) is 0 Å². The van der Waals surface area contributed by atoms with Crippen LogP contribution in [0.4, 0.5) is 4.79 Å². The maximum Gasteiger partial charge on any atom is 0.410 e. The number of rotatable bonds is 4. The molecule has 5 N–H and O–H groups in total. The lowest BCUT2D eigenvalue weighted by Crippen LogP contribution is -2.39. The number of nitrogens with two attached hydrogens (primary N) is 1. The maximum absolute atomic E-state index is 11.9. The smallest absolute Gasteiger partial charge is 0.410 e. The second-order valence-corrected chi connectivity index (χ2v) is 12.1. The summed E-state index contributed by atoms with van der Waals surface area (Å²) < 4.78 is 54.0. The number of ether oxygens (including phenoxy) is 1. The monoisotopic (exact) mass is 521 g/mol. The highest BCUT2D eigenvalue weighted by molar-refractivity contribution is 7.88. The fourth-order valence-electron chi connectivity index (χ4n) is 3.40. The van der Waals surface area contributed by atoms with Crippen molar-refractivity contribution in [3.8, 4) is 0 Å². The normalized spacial score (nSPS) is 23.0. The van der Waals surface area contributed by atoms with Gasteiger partial charge in [0, 0.05) is 25.2 Å². The first-order valence-electron chi connectivity index (χ1n) is 10.6. The van der Waals surface area contributed by atoms with E-state index in [0.717, 1.165) is 51.4 Å². The molecule has 2 heterocycles. The van der Waals surface area contributed by atoms with Crippen molar-refractivity contribution < 1.29 is 26.4 Å². The summed E-state index contributed by atoms with van der Waals surface area (Å²) in [4.78, 5) is 13.6. The van der Waals surface area contributed by atoms with Crippen LogP contribution in [0.15, 0.2) is 0 Å². The van der Waals surface area contributed by atoms with E-state index in [-0.39, 0.29) is 30.6 Å². The molecule has 0 aromatic carbocycles. The Morgan fingerprint density at radius 3 is 2.12 bits per heavy atom. The maximum atomic E-state index is 11.9. The standard InChI is InChI=1S/C12H24N2O4S.C6H15N3O2S.ClH/c1-12(2,3)18-11(15)14-8-5-6-10(7-9-14)13-19(4,16)17;7-12(10,11)9-6-2-1-4-8-5-3-6;/h10,13H,5-9H2,1-4H3;6,8-9H,1-5H2,(H2,7,10,11);1H. The first-order valence-corrected chi connectivity index (χ1v) is 14.0. The van der Waals surface area contributed by atoms with Gasteiger partial charge in [-0.2, -0.15) is 13.1 Å². The van der Waals surface area contributed by atoms with Crippen LogP contribution in [0.2, 0.25) is 0 Å². The first kappa shape index (κ1) is 31.3. The highest BCUT2D eigenvalue weighted by Gasteiger charge is 2.26. The third-order valence-corrected chi connectivity index (χ3v) is 6.09. The number of sulfonamides is 1. The van der Waals surface area contributed by atoms with Gasteiger partial charge in [0.25, 0.3) is 10.2 Å². The van der Waals surface area contributed by atoms with Crippen molar-refractivity contribution in [1.82, 2.24) is 19.7 Å². The van der Waals surface area contributed by atoms with Gasteiger partial charge in [-0.1, -0.05) is 0 Å². The summed E-state index contributed by atoms with van der Waals surface area (Å²) in [5.41, 5.74) is -0.506. The molecule has 0 saturated carbocycles. The lowest BCUT2D eigenvalue weighted by atomic mass is 10.1. The zero-order chi connectivity index (χ0) is 23.7. The van der Waals surface area contributed by atoms with Gasteiger partial charge in [0.15, 0.2) is 0 Å². The molecule has 1 amide bonds. The van der Waals surface area contributed by atoms with Crippen molar-refractivity contribution >= 4 is 38.7 Å². The molecule has 11 nitrogen and oxygen atoms in total. The fraction of sp³-hybridized carbons (Fsp3) is 0.944. The lowest BCUT2D eigenvalue weighted by Gasteiger charge is -2.26. The molecule has 0 aromatic rings. The lowest BCUT2D eigenvalue weighted by molar-refractivity contribution is 0.0256. The molecular formula is C18H40ClN5O6S2. The Kier molecular flexibility index (Phi) is 13.6. The number of likely N-dealkylation sites (tertiary alicyclic amines) is 1. The molecule has 2 fully saturated rings. The molecule has 0 spiro atoms. The van der Waals surface area contributed by atoms with E-state index >= 15 is 0 Å². The number of carbonyl (C=O) groups excluding carboxylic acids is 1. The molecule has 2 unspecified atom stereocenters. The SMILES string of the molecule is CC(C)(C)OC(=O)N1CCCC(NS(C)(=O)=O)CC1.Cl.NS(=O)(=O)NC1CCCNCC1. The molecule has 0 aromatic heterocycles. The first-order chi connectivity index (χ1) is 14.1. The van der Waals surface area contributed by atoms with Crippen molar-refractivity contribution in [3.05, 3.63) is 0 Å². The number of nitrogens with one attached hydrogen (secondary N) is 3. The third-order valence-electron chi connectivity index (χ3n) is 4.67. The van der Waals surface area contributed by atoms with Gasteiger partial charge >= 0.3 is 6.09 Å². The summed E-state index contributed by atoms with van der Waals surface area (Å²) >= 11 is 0. The zero-order valence-corrected chi connectivity index (χ0v) is 21.9. The van der Waals surface area contributed by atoms with E-state index in [1.54, 1.807) is 4.90 Å². The van der Waals surface area contributed by atoms with Gasteiger partial charge in [-0.05, 0) is 72.4 Å². The van der Waals surface area contributed by atoms with Crippen LogP contribution in [0, 0.1) is 0 Å². The van der Waals surface area contributed by atoms with Crippen molar-refractivity contribution in [2.45, 2.75) is 77.0 Å². The highest BCUT2D eigenvalue weighted by Crippen LogP contribution is 2.15. The minimum atomic E-state index is -3.52. The second kappa shape index (κ2) is 13.9. The summed E-state index contributed by atoms with van der Waals surface area (Å²) in [5, 5.41) is 8.05. The van der Waals surface area contributed by atoms with E-state index in [1.165, 1.54) is 0 Å². The van der Waals surface area contributed by atoms with Crippen molar-refractivity contribution in [2.75, 3.05) is 32.4 Å². The van der Waals surface area contributed by atoms with Crippen LogP contribution in [0.25, 0.3) is 0 Å². The quantitative estimate of drug-likeness (QED) is 0.422. The van der Waals surface area contributed by atoms with Gasteiger partial charge in [-0.25, -0.2) is 23.1 Å². The molecule has 192 valence electrons. The number of carbonyl (C=O) groups is 1. The van der Waals surface area contributed by atoms with Gasteiger partial charge in [-0.3, -0.25) is 0 Å². The summed E-state index contributed by atoms with van der Waals surface area (Å²) in [6.07, 6.45) is 5.63. The number of amides is 1. The molecule has 32 heavy (non-hydrogen) atoms. The molecule has 0 radical (unpaired) electrons. The summed E-state index contributed by atoms with van der Waals surface area (Å²) in [5.74, 6) is 0. The van der Waals surface area contributed by atoms with Gasteiger partial charge in [0.1, 0.15) is 5.60 Å². The van der Waals surface area contributed by atoms with E-state index in [0.29, 0.717) is 19.5 Å². The molecule has 2 atom stereocenters. The largest absolute Gasteiger partial charge is 0.444 e. The van der Waals surface area contributed by atoms with Gasteiger partial charge in [0.2, 0.25) is 10.0 Å². The average Bonchev–Trinajstić information content (AvgIpc) is 2.94. The topological polar surface area (TPSA) is 160 Å². The summed E-state index contributed by atoms with van der Waals surface area (Å²) in [7, 11) is -6.71. The molecule has 2 aliphatic rings. The van der Waals surface area contributed by atoms with Crippen LogP contribution in [0.1, 0.15) is 59.3 Å². The van der Waals surface area contributed by atoms with E-state index in [9.17, 15) is 21.6 Å². The highest BCUT2D eigenvalue weighted by atomic mass is 35.5. The van der Waals surface area contributed by atoms with E-state index in [4.69, 9.17) is 9.88 Å². The summed E-state index contributed by atoms with van der Waals surface area (Å²) in [6.45, 7) is 8.43. The van der Waals surface area contributed by atoms with Crippen molar-refractivity contribution in [1.29, 1.82) is 0 Å². The molecule has 2 aliphatic heterocycles. The van der Waals surface area contributed by atoms with Crippen LogP contribution in [-0.2, 0) is 25.0 Å². The third kappa shape index (κ3) is 16.0. The molecule has 14 heteroatoms. The van der Waals surface area contributed by atoms with Crippen LogP contribution in [0.3, 0.4) is 0 Å². The summed E-state index contributed by atoms with van der Waals surface area (Å²) in [6, 6.07) is -0.0857. The zero-order valence-electron chi connectivity index (χ0n) is 19.4.